The molecular weight excluding hydrogens is 444 g/mol. The number of carbonyl (C=O) groups excluding carboxylic acids is 1. The van der Waals surface area contributed by atoms with Gasteiger partial charge >= 0.3 is 0 Å². The largest absolute Gasteiger partial charge is 0.494 e. The zero-order chi connectivity index (χ0) is 24.1. The molecule has 0 bridgehead atoms. The number of hydrogen-bond acceptors (Lipinski definition) is 5. The Morgan fingerprint density at radius 1 is 0.971 bits per heavy atom. The van der Waals surface area contributed by atoms with Crippen molar-refractivity contribution in [2.45, 2.75) is 32.9 Å². The molecule has 34 heavy (non-hydrogen) atoms. The minimum Gasteiger partial charge on any atom is -0.494 e. The number of nitrogens with one attached hydrogen (secondary N) is 1. The molecule has 0 atom stereocenters. The molecule has 4 aromatic rings. The van der Waals surface area contributed by atoms with Crippen molar-refractivity contribution in [1.29, 1.82) is 0 Å². The topological polar surface area (TPSA) is 69.0 Å². The molecule has 0 aliphatic rings. The predicted molar refractivity (Wildman–Crippen MR) is 138 cm³/mol. The van der Waals surface area contributed by atoms with Crippen LogP contribution in [0.1, 0.15) is 23.6 Å². The number of benzene rings is 3. The minimum atomic E-state index is -0.0861. The SMILES string of the molecule is CCOc1ccc(-n2c(SCC(=O)Nc3cc(C)ccc3C)nnc2-c2cccc(C)c2)cc1. The number of aromatic nitrogens is 3. The molecule has 4 rings (SSSR count). The van der Waals surface area contributed by atoms with E-state index in [1.54, 1.807) is 0 Å². The Morgan fingerprint density at radius 2 is 1.74 bits per heavy atom. The van der Waals surface area contributed by atoms with Gasteiger partial charge in [0.05, 0.1) is 12.4 Å². The fourth-order valence-corrected chi connectivity index (χ4v) is 4.36. The van der Waals surface area contributed by atoms with Crippen molar-refractivity contribution >= 4 is 23.4 Å². The van der Waals surface area contributed by atoms with E-state index in [-0.39, 0.29) is 11.7 Å². The van der Waals surface area contributed by atoms with Crippen LogP contribution in [0.3, 0.4) is 0 Å². The Labute approximate surface area is 204 Å². The minimum absolute atomic E-state index is 0.0861. The molecule has 0 aliphatic heterocycles. The number of ether oxygens (including phenoxy) is 1. The maximum absolute atomic E-state index is 12.7. The van der Waals surface area contributed by atoms with Gasteiger partial charge in [0.2, 0.25) is 5.91 Å². The van der Waals surface area contributed by atoms with Crippen molar-refractivity contribution in [1.82, 2.24) is 14.8 Å². The van der Waals surface area contributed by atoms with Crippen LogP contribution < -0.4 is 10.1 Å². The molecule has 0 saturated carbocycles. The van der Waals surface area contributed by atoms with Gasteiger partial charge in [-0.2, -0.15) is 0 Å². The predicted octanol–water partition coefficient (Wildman–Crippen LogP) is 5.99. The van der Waals surface area contributed by atoms with Crippen LogP contribution in [0.15, 0.2) is 71.9 Å². The fourth-order valence-electron chi connectivity index (χ4n) is 3.61. The van der Waals surface area contributed by atoms with Crippen molar-refractivity contribution in [3.05, 3.63) is 83.4 Å². The van der Waals surface area contributed by atoms with Gasteiger partial charge in [-0.1, -0.05) is 47.7 Å². The van der Waals surface area contributed by atoms with E-state index in [0.717, 1.165) is 45.2 Å². The van der Waals surface area contributed by atoms with Crippen molar-refractivity contribution in [2.75, 3.05) is 17.7 Å². The first kappa shape index (κ1) is 23.6. The lowest BCUT2D eigenvalue weighted by molar-refractivity contribution is -0.113. The van der Waals surface area contributed by atoms with Crippen LogP contribution in [0.25, 0.3) is 17.1 Å². The Kier molecular flexibility index (Phi) is 7.33. The number of aryl methyl sites for hydroxylation is 3. The molecule has 1 heterocycles. The molecule has 174 valence electrons. The maximum Gasteiger partial charge on any atom is 0.234 e. The molecule has 0 fully saturated rings. The summed E-state index contributed by atoms with van der Waals surface area (Å²) in [6.45, 7) is 8.61. The Hall–Kier alpha value is -3.58. The molecule has 6 nitrogen and oxygen atoms in total. The van der Waals surface area contributed by atoms with Crippen LogP contribution >= 0.6 is 11.8 Å². The molecule has 1 amide bonds. The number of carbonyl (C=O) groups is 1. The normalized spacial score (nSPS) is 10.8. The number of rotatable bonds is 8. The smallest absolute Gasteiger partial charge is 0.234 e. The summed E-state index contributed by atoms with van der Waals surface area (Å²) in [6, 6.07) is 22.0. The number of amides is 1. The summed E-state index contributed by atoms with van der Waals surface area (Å²) in [6.07, 6.45) is 0. The van der Waals surface area contributed by atoms with Crippen molar-refractivity contribution in [2.24, 2.45) is 0 Å². The average molecular weight is 473 g/mol. The molecule has 7 heteroatoms. The van der Waals surface area contributed by atoms with Gasteiger partial charge in [0.1, 0.15) is 5.75 Å². The Balaban J connectivity index is 1.61. The van der Waals surface area contributed by atoms with E-state index in [4.69, 9.17) is 4.74 Å². The number of anilines is 1. The monoisotopic (exact) mass is 472 g/mol. The highest BCUT2D eigenvalue weighted by Gasteiger charge is 2.18. The highest BCUT2D eigenvalue weighted by molar-refractivity contribution is 7.99. The Bertz CT molecular complexity index is 1300. The van der Waals surface area contributed by atoms with Crippen molar-refractivity contribution < 1.29 is 9.53 Å². The van der Waals surface area contributed by atoms with Gasteiger partial charge in [-0.25, -0.2) is 0 Å². The number of thioether (sulfide) groups is 1. The molecule has 0 spiro atoms. The summed E-state index contributed by atoms with van der Waals surface area (Å²) in [4.78, 5) is 12.7. The van der Waals surface area contributed by atoms with E-state index < -0.39 is 0 Å². The van der Waals surface area contributed by atoms with Gasteiger partial charge in [-0.05, 0) is 75.2 Å². The summed E-state index contributed by atoms with van der Waals surface area (Å²) in [5.74, 6) is 1.66. The highest BCUT2D eigenvalue weighted by atomic mass is 32.2. The van der Waals surface area contributed by atoms with Gasteiger partial charge in [0, 0.05) is 16.9 Å². The van der Waals surface area contributed by atoms with E-state index in [0.29, 0.717) is 11.8 Å². The van der Waals surface area contributed by atoms with Gasteiger partial charge in [-0.15, -0.1) is 10.2 Å². The van der Waals surface area contributed by atoms with E-state index in [2.05, 4.69) is 21.6 Å². The van der Waals surface area contributed by atoms with E-state index in [9.17, 15) is 4.79 Å². The second-order valence-corrected chi connectivity index (χ2v) is 9.04. The Morgan fingerprint density at radius 3 is 2.47 bits per heavy atom. The van der Waals surface area contributed by atoms with Crippen LogP contribution in [-0.2, 0) is 4.79 Å². The molecule has 0 aliphatic carbocycles. The van der Waals surface area contributed by atoms with E-state index in [1.165, 1.54) is 11.8 Å². The zero-order valence-electron chi connectivity index (χ0n) is 19.8. The van der Waals surface area contributed by atoms with Crippen LogP contribution in [-0.4, -0.2) is 33.0 Å². The molecular formula is C27H28N4O2S. The molecule has 1 aromatic heterocycles. The van der Waals surface area contributed by atoms with Gasteiger partial charge in [0.25, 0.3) is 0 Å². The second kappa shape index (κ2) is 10.6. The third kappa shape index (κ3) is 5.48. The maximum atomic E-state index is 12.7. The quantitative estimate of drug-likeness (QED) is 0.319. The lowest BCUT2D eigenvalue weighted by Crippen LogP contribution is -2.15. The summed E-state index contributed by atoms with van der Waals surface area (Å²) in [5, 5.41) is 12.6. The second-order valence-electron chi connectivity index (χ2n) is 8.09. The van der Waals surface area contributed by atoms with Gasteiger partial charge in [0.15, 0.2) is 11.0 Å². The fraction of sp³-hybridized carbons (Fsp3) is 0.222. The number of nitrogens with zero attached hydrogens (tertiary/aromatic N) is 3. The van der Waals surface area contributed by atoms with Crippen molar-refractivity contribution in [3.8, 4) is 22.8 Å². The molecule has 3 aromatic carbocycles. The molecule has 0 unspecified atom stereocenters. The van der Waals surface area contributed by atoms with E-state index >= 15 is 0 Å². The third-order valence-electron chi connectivity index (χ3n) is 5.32. The first-order chi connectivity index (χ1) is 16.4. The summed E-state index contributed by atoms with van der Waals surface area (Å²) >= 11 is 1.36. The molecule has 0 radical (unpaired) electrons. The first-order valence-corrected chi connectivity index (χ1v) is 12.2. The average Bonchev–Trinajstić information content (AvgIpc) is 3.25. The summed E-state index contributed by atoms with van der Waals surface area (Å²) in [7, 11) is 0. The first-order valence-electron chi connectivity index (χ1n) is 11.2. The highest BCUT2D eigenvalue weighted by Crippen LogP contribution is 2.29. The van der Waals surface area contributed by atoms with Gasteiger partial charge in [-0.3, -0.25) is 9.36 Å². The third-order valence-corrected chi connectivity index (χ3v) is 6.24. The lowest BCUT2D eigenvalue weighted by Gasteiger charge is -2.12. The van der Waals surface area contributed by atoms with Crippen molar-refractivity contribution in [3.63, 3.8) is 0 Å². The summed E-state index contributed by atoms with van der Waals surface area (Å²) in [5.41, 5.74) is 5.98. The van der Waals surface area contributed by atoms with E-state index in [1.807, 2.05) is 92.9 Å². The number of hydrogen-bond donors (Lipinski definition) is 1. The lowest BCUT2D eigenvalue weighted by atomic mass is 10.1. The molecule has 0 saturated heterocycles. The zero-order valence-corrected chi connectivity index (χ0v) is 20.6. The van der Waals surface area contributed by atoms with Crippen LogP contribution in [0, 0.1) is 20.8 Å². The van der Waals surface area contributed by atoms with Crippen LogP contribution in [0.5, 0.6) is 5.75 Å². The van der Waals surface area contributed by atoms with Gasteiger partial charge < -0.3 is 10.1 Å². The van der Waals surface area contributed by atoms with Crippen LogP contribution in [0.2, 0.25) is 0 Å². The standard InChI is InChI=1S/C27H28N4O2S/c1-5-33-23-13-11-22(12-14-23)31-26(21-8-6-7-18(2)15-21)29-30-27(31)34-17-25(32)28-24-16-19(3)9-10-20(24)4/h6-16H,5,17H2,1-4H3,(H,28,32). The molecule has 1 N–H and O–H groups in total. The summed E-state index contributed by atoms with van der Waals surface area (Å²) < 4.78 is 7.58. The van der Waals surface area contributed by atoms with Crippen LogP contribution in [0.4, 0.5) is 5.69 Å².